The smallest absolute Gasteiger partial charge is 0.268 e. The van der Waals surface area contributed by atoms with Crippen LogP contribution in [0.5, 0.6) is 0 Å². The molecule has 0 fully saturated rings. The molecule has 8 heteroatoms. The fraction of sp³-hybridized carbons (Fsp3) is 0.333. The van der Waals surface area contributed by atoms with E-state index in [1.54, 1.807) is 26.0 Å². The number of thioether (sulfide) groups is 1. The lowest BCUT2D eigenvalue weighted by Gasteiger charge is -2.37. The summed E-state index contributed by atoms with van der Waals surface area (Å²) in [7, 11) is -4.19. The maximum atomic E-state index is 12.5. The summed E-state index contributed by atoms with van der Waals surface area (Å²) >= 11 is 0.782. The van der Waals surface area contributed by atoms with Crippen LogP contribution < -0.4 is 4.31 Å². The Kier molecular flexibility index (Phi) is 3.79. The monoisotopic (exact) mass is 314 g/mol. The highest BCUT2D eigenvalue weighted by Crippen LogP contribution is 2.35. The van der Waals surface area contributed by atoms with Crippen molar-refractivity contribution in [2.45, 2.75) is 19.9 Å². The lowest BCUT2D eigenvalue weighted by atomic mass is 10.1. The Morgan fingerprint density at radius 1 is 1.25 bits per heavy atom. The SMILES string of the molecule is CSC(=O)N1c2ccccc2C(=O)N(C(C)C)S1(=O)=O. The molecule has 2 rings (SSSR count). The summed E-state index contributed by atoms with van der Waals surface area (Å²) in [6.45, 7) is 3.18. The minimum Gasteiger partial charge on any atom is -0.268 e. The van der Waals surface area contributed by atoms with E-state index in [2.05, 4.69) is 0 Å². The highest BCUT2D eigenvalue weighted by molar-refractivity contribution is 8.14. The van der Waals surface area contributed by atoms with Crippen LogP contribution in [0, 0.1) is 0 Å². The van der Waals surface area contributed by atoms with E-state index in [9.17, 15) is 18.0 Å². The Labute approximate surface area is 121 Å². The third-order valence-electron chi connectivity index (χ3n) is 2.84. The molecule has 0 atom stereocenters. The van der Waals surface area contributed by atoms with Crippen LogP contribution in [0.4, 0.5) is 10.5 Å². The number of fused-ring (bicyclic) bond motifs is 1. The van der Waals surface area contributed by atoms with Crippen molar-refractivity contribution in [2.75, 3.05) is 10.6 Å². The molecule has 1 aliphatic heterocycles. The predicted octanol–water partition coefficient (Wildman–Crippen LogP) is 2.08. The second-order valence-corrected chi connectivity index (χ2v) is 6.87. The summed E-state index contributed by atoms with van der Waals surface area (Å²) in [6.07, 6.45) is 1.50. The van der Waals surface area contributed by atoms with Gasteiger partial charge in [0.05, 0.1) is 11.3 Å². The summed E-state index contributed by atoms with van der Waals surface area (Å²) in [5, 5.41) is -0.643. The van der Waals surface area contributed by atoms with Crippen molar-refractivity contribution in [3.63, 3.8) is 0 Å². The normalized spacial score (nSPS) is 17.3. The molecule has 0 saturated carbocycles. The molecule has 0 radical (unpaired) electrons. The van der Waals surface area contributed by atoms with E-state index in [0.717, 1.165) is 16.1 Å². The van der Waals surface area contributed by atoms with Crippen LogP contribution in [-0.2, 0) is 10.2 Å². The van der Waals surface area contributed by atoms with Gasteiger partial charge >= 0.3 is 15.4 Å². The second-order valence-electron chi connectivity index (χ2n) is 4.45. The number of nitrogens with zero attached hydrogens (tertiary/aromatic N) is 2. The molecule has 0 N–H and O–H groups in total. The number of benzene rings is 1. The maximum absolute atomic E-state index is 12.5. The van der Waals surface area contributed by atoms with Gasteiger partial charge in [-0.3, -0.25) is 9.59 Å². The third-order valence-corrected chi connectivity index (χ3v) is 5.40. The van der Waals surface area contributed by atoms with Gasteiger partial charge in [0.25, 0.3) is 5.91 Å². The van der Waals surface area contributed by atoms with Crippen molar-refractivity contribution < 1.29 is 18.0 Å². The molecule has 0 unspecified atom stereocenters. The van der Waals surface area contributed by atoms with Gasteiger partial charge in [0.15, 0.2) is 0 Å². The Hall–Kier alpha value is -1.54. The van der Waals surface area contributed by atoms with Crippen molar-refractivity contribution in [1.29, 1.82) is 0 Å². The average molecular weight is 314 g/mol. The molecule has 1 aromatic carbocycles. The van der Waals surface area contributed by atoms with Crippen molar-refractivity contribution in [2.24, 2.45) is 0 Å². The quantitative estimate of drug-likeness (QED) is 0.793. The third kappa shape index (κ3) is 2.08. The summed E-state index contributed by atoms with van der Waals surface area (Å²) in [5.41, 5.74) is 0.312. The molecule has 2 amide bonds. The Balaban J connectivity index is 2.76. The average Bonchev–Trinajstić information content (AvgIpc) is 2.37. The van der Waals surface area contributed by atoms with Crippen molar-refractivity contribution in [3.05, 3.63) is 29.8 Å². The number of hydrogen-bond acceptors (Lipinski definition) is 5. The summed E-state index contributed by atoms with van der Waals surface area (Å²) in [6, 6.07) is 5.62. The Morgan fingerprint density at radius 3 is 2.40 bits per heavy atom. The maximum Gasteiger partial charge on any atom is 0.336 e. The van der Waals surface area contributed by atoms with Gasteiger partial charge < -0.3 is 0 Å². The first-order chi connectivity index (χ1) is 9.32. The number of rotatable bonds is 1. The summed E-state index contributed by atoms with van der Waals surface area (Å²) in [5.74, 6) is -0.610. The fourth-order valence-electron chi connectivity index (χ4n) is 2.04. The van der Waals surface area contributed by atoms with Crippen LogP contribution in [0.1, 0.15) is 24.2 Å². The highest BCUT2D eigenvalue weighted by atomic mass is 32.2. The number of para-hydroxylation sites is 1. The molecule has 20 heavy (non-hydrogen) atoms. The van der Waals surface area contributed by atoms with E-state index in [4.69, 9.17) is 0 Å². The lowest BCUT2D eigenvalue weighted by molar-refractivity contribution is 0.0832. The van der Waals surface area contributed by atoms with Gasteiger partial charge in [-0.05, 0) is 32.2 Å². The Bertz CT molecular complexity index is 670. The molecule has 0 saturated heterocycles. The van der Waals surface area contributed by atoms with Gasteiger partial charge in [-0.15, -0.1) is 0 Å². The van der Waals surface area contributed by atoms with Crippen molar-refractivity contribution >= 4 is 38.8 Å². The first-order valence-corrected chi connectivity index (χ1v) is 8.50. The standard InChI is InChI=1S/C12H14N2O4S2/c1-8(2)13-11(15)9-6-4-5-7-10(9)14(12(16)19-3)20(13,17)18/h4-8H,1-3H3. The first kappa shape index (κ1) is 14.9. The molecule has 6 nitrogen and oxygen atoms in total. The van der Waals surface area contributed by atoms with E-state index < -0.39 is 27.4 Å². The molecule has 1 aromatic rings. The van der Waals surface area contributed by atoms with Crippen LogP contribution in [0.25, 0.3) is 0 Å². The number of amides is 2. The molecule has 1 heterocycles. The second kappa shape index (κ2) is 5.10. The fourth-order valence-corrected chi connectivity index (χ4v) is 4.43. The van der Waals surface area contributed by atoms with Crippen LogP contribution in [0.3, 0.4) is 0 Å². The van der Waals surface area contributed by atoms with Gasteiger partial charge in [0.1, 0.15) is 0 Å². The molecule has 108 valence electrons. The number of carbonyl (C=O) groups is 2. The molecular formula is C12H14N2O4S2. The molecule has 0 aliphatic carbocycles. The molecule has 0 aromatic heterocycles. The van der Waals surface area contributed by atoms with Gasteiger partial charge in [0.2, 0.25) is 0 Å². The van der Waals surface area contributed by atoms with Crippen LogP contribution in [0.15, 0.2) is 24.3 Å². The zero-order valence-electron chi connectivity index (χ0n) is 11.2. The zero-order valence-corrected chi connectivity index (χ0v) is 12.9. The lowest BCUT2D eigenvalue weighted by Crippen LogP contribution is -2.55. The summed E-state index contributed by atoms with van der Waals surface area (Å²) < 4.78 is 26.5. The van der Waals surface area contributed by atoms with E-state index >= 15 is 0 Å². The van der Waals surface area contributed by atoms with Gasteiger partial charge in [-0.2, -0.15) is 12.7 Å². The van der Waals surface area contributed by atoms with Crippen molar-refractivity contribution in [3.8, 4) is 0 Å². The molecule has 0 spiro atoms. The van der Waals surface area contributed by atoms with E-state index in [1.807, 2.05) is 0 Å². The number of hydrogen-bond donors (Lipinski definition) is 0. The Morgan fingerprint density at radius 2 is 1.85 bits per heavy atom. The molecule has 1 aliphatic rings. The van der Waals surface area contributed by atoms with Gasteiger partial charge in [0, 0.05) is 6.04 Å². The minimum absolute atomic E-state index is 0.105. The van der Waals surface area contributed by atoms with Crippen LogP contribution >= 0.6 is 11.8 Å². The minimum atomic E-state index is -4.19. The van der Waals surface area contributed by atoms with E-state index in [0.29, 0.717) is 4.31 Å². The van der Waals surface area contributed by atoms with Crippen molar-refractivity contribution in [1.82, 2.24) is 4.31 Å². The topological polar surface area (TPSA) is 74.8 Å². The predicted molar refractivity (Wildman–Crippen MR) is 78.1 cm³/mol. The first-order valence-electron chi connectivity index (χ1n) is 5.88. The molecular weight excluding hydrogens is 300 g/mol. The summed E-state index contributed by atoms with van der Waals surface area (Å²) in [4.78, 5) is 24.3. The van der Waals surface area contributed by atoms with Gasteiger partial charge in [-0.1, -0.05) is 23.9 Å². The molecule has 0 bridgehead atoms. The van der Waals surface area contributed by atoms with Crippen LogP contribution in [0.2, 0.25) is 0 Å². The van der Waals surface area contributed by atoms with E-state index in [-0.39, 0.29) is 11.3 Å². The van der Waals surface area contributed by atoms with E-state index in [1.165, 1.54) is 18.4 Å². The van der Waals surface area contributed by atoms with Crippen LogP contribution in [-0.4, -0.2) is 36.2 Å². The largest absolute Gasteiger partial charge is 0.336 e. The number of anilines is 1. The number of carbonyl (C=O) groups excluding carboxylic acids is 2. The zero-order chi connectivity index (χ0) is 15.1. The van der Waals surface area contributed by atoms with Gasteiger partial charge in [-0.25, -0.2) is 4.31 Å². The highest BCUT2D eigenvalue weighted by Gasteiger charge is 2.45.